The van der Waals surface area contributed by atoms with E-state index in [0.29, 0.717) is 31.6 Å². The van der Waals surface area contributed by atoms with E-state index in [4.69, 9.17) is 0 Å². The molecule has 1 aliphatic heterocycles. The van der Waals surface area contributed by atoms with Crippen LogP contribution in [0.3, 0.4) is 0 Å². The number of amides is 2. The van der Waals surface area contributed by atoms with Gasteiger partial charge in [0.1, 0.15) is 5.69 Å². The first-order valence-corrected chi connectivity index (χ1v) is 10.8. The molecule has 0 saturated carbocycles. The zero-order valence-corrected chi connectivity index (χ0v) is 18.4. The van der Waals surface area contributed by atoms with Gasteiger partial charge in [-0.3, -0.25) is 19.6 Å². The minimum absolute atomic E-state index is 0.0155. The highest BCUT2D eigenvalue weighted by Gasteiger charge is 2.46. The van der Waals surface area contributed by atoms with Gasteiger partial charge in [0.15, 0.2) is 0 Å². The Morgan fingerprint density at radius 1 is 1.03 bits per heavy atom. The van der Waals surface area contributed by atoms with Crippen LogP contribution in [0.2, 0.25) is 0 Å². The molecule has 1 aliphatic rings. The van der Waals surface area contributed by atoms with E-state index in [2.05, 4.69) is 44.5 Å². The van der Waals surface area contributed by atoms with Crippen LogP contribution in [0.1, 0.15) is 36.3 Å². The molecule has 2 amide bonds. The summed E-state index contributed by atoms with van der Waals surface area (Å²) in [6.07, 6.45) is 9.25. The maximum Gasteiger partial charge on any atom is 0.274 e. The fourth-order valence-corrected chi connectivity index (χ4v) is 4.18. The quantitative estimate of drug-likeness (QED) is 0.650. The number of benzene rings is 1. The Morgan fingerprint density at radius 3 is 2.47 bits per heavy atom. The summed E-state index contributed by atoms with van der Waals surface area (Å²) in [5, 5.41) is 3.07. The second-order valence-electron chi connectivity index (χ2n) is 8.59. The molecule has 32 heavy (non-hydrogen) atoms. The van der Waals surface area contributed by atoms with Crippen LogP contribution in [0.4, 0.5) is 0 Å². The number of hydrogen-bond donors (Lipinski definition) is 1. The molecule has 0 unspecified atom stereocenters. The summed E-state index contributed by atoms with van der Waals surface area (Å²) in [6, 6.07) is 12.2. The van der Waals surface area contributed by atoms with E-state index in [-0.39, 0.29) is 17.9 Å². The van der Waals surface area contributed by atoms with Gasteiger partial charge < -0.3 is 10.2 Å². The van der Waals surface area contributed by atoms with Gasteiger partial charge in [-0.15, -0.1) is 0 Å². The second kappa shape index (κ2) is 9.26. The van der Waals surface area contributed by atoms with Crippen LogP contribution >= 0.6 is 0 Å². The Hall–Kier alpha value is -3.61. The monoisotopic (exact) mass is 429 g/mol. The molecule has 164 valence electrons. The Balaban J connectivity index is 1.56. The molecule has 0 spiro atoms. The minimum atomic E-state index is -0.683. The lowest BCUT2D eigenvalue weighted by molar-refractivity contribution is -0.130. The lowest BCUT2D eigenvalue weighted by Crippen LogP contribution is -2.47. The molecular weight excluding hydrogens is 402 g/mol. The second-order valence-corrected chi connectivity index (χ2v) is 8.59. The fraction of sp³-hybridized carbons (Fsp3) is 0.320. The summed E-state index contributed by atoms with van der Waals surface area (Å²) < 4.78 is 0. The van der Waals surface area contributed by atoms with E-state index in [9.17, 15) is 9.59 Å². The molecule has 1 aromatic carbocycles. The number of nitrogens with one attached hydrogen (secondary N) is 1. The van der Waals surface area contributed by atoms with Gasteiger partial charge in [-0.1, -0.05) is 30.3 Å². The van der Waals surface area contributed by atoms with Crippen LogP contribution in [-0.4, -0.2) is 50.8 Å². The summed E-state index contributed by atoms with van der Waals surface area (Å²) in [5.41, 5.74) is 2.80. The number of carbonyl (C=O) groups excluding carboxylic acids is 2. The predicted octanol–water partition coefficient (Wildman–Crippen LogP) is 3.14. The molecule has 0 radical (unpaired) electrons. The molecule has 3 aromatic rings. The molecule has 0 aliphatic carbocycles. The van der Waals surface area contributed by atoms with Crippen molar-refractivity contribution in [2.24, 2.45) is 5.41 Å². The molecule has 7 nitrogen and oxygen atoms in total. The average molecular weight is 430 g/mol. The van der Waals surface area contributed by atoms with Crippen LogP contribution in [0.25, 0.3) is 11.1 Å². The third-order valence-electron chi connectivity index (χ3n) is 5.82. The smallest absolute Gasteiger partial charge is 0.274 e. The first-order valence-electron chi connectivity index (χ1n) is 10.8. The first-order chi connectivity index (χ1) is 15.5. The highest BCUT2D eigenvalue weighted by Crippen LogP contribution is 2.36. The Kier molecular flexibility index (Phi) is 6.25. The molecule has 1 saturated heterocycles. The van der Waals surface area contributed by atoms with Crippen LogP contribution in [0, 0.1) is 5.41 Å². The molecule has 1 N–H and O–H groups in total. The predicted molar refractivity (Wildman–Crippen MR) is 122 cm³/mol. The van der Waals surface area contributed by atoms with Crippen LogP contribution in [0.5, 0.6) is 0 Å². The number of aromatic nitrogens is 3. The number of hydrogen-bond acceptors (Lipinski definition) is 5. The molecule has 1 atom stereocenters. The Morgan fingerprint density at radius 2 is 1.81 bits per heavy atom. The number of carbonyl (C=O) groups is 2. The van der Waals surface area contributed by atoms with Crippen molar-refractivity contribution in [3.05, 3.63) is 78.6 Å². The standard InChI is InChI=1S/C25H27N5O2/c1-18(2)29-24(32)25(9-13-30(17-25)23(31)22-16-27-11-12-28-22)14-19-5-7-20(8-6-19)21-4-3-10-26-15-21/h3-8,10-12,15-16,18H,9,13-14,17H2,1-2H3,(H,29,32)/t25-/m1/s1. The third-order valence-corrected chi connectivity index (χ3v) is 5.82. The summed E-state index contributed by atoms with van der Waals surface area (Å²) in [6.45, 7) is 4.76. The van der Waals surface area contributed by atoms with Crippen molar-refractivity contribution < 1.29 is 9.59 Å². The van der Waals surface area contributed by atoms with Gasteiger partial charge >= 0.3 is 0 Å². The van der Waals surface area contributed by atoms with E-state index in [1.54, 1.807) is 11.1 Å². The van der Waals surface area contributed by atoms with Gasteiger partial charge in [-0.05, 0) is 49.4 Å². The maximum absolute atomic E-state index is 13.3. The zero-order valence-electron chi connectivity index (χ0n) is 18.4. The summed E-state index contributed by atoms with van der Waals surface area (Å²) in [4.78, 5) is 40.2. The normalized spacial score (nSPS) is 18.0. The van der Waals surface area contributed by atoms with Gasteiger partial charge in [0.2, 0.25) is 5.91 Å². The minimum Gasteiger partial charge on any atom is -0.353 e. The molecular formula is C25H27N5O2. The Labute approximate surface area is 187 Å². The van der Waals surface area contributed by atoms with Gasteiger partial charge in [-0.2, -0.15) is 0 Å². The highest BCUT2D eigenvalue weighted by atomic mass is 16.2. The fourth-order valence-electron chi connectivity index (χ4n) is 4.18. The van der Waals surface area contributed by atoms with Crippen molar-refractivity contribution in [3.63, 3.8) is 0 Å². The van der Waals surface area contributed by atoms with E-state index < -0.39 is 5.41 Å². The highest BCUT2D eigenvalue weighted by molar-refractivity contribution is 5.93. The number of rotatable bonds is 6. The van der Waals surface area contributed by atoms with Crippen molar-refractivity contribution in [2.45, 2.75) is 32.7 Å². The SMILES string of the molecule is CC(C)NC(=O)[C@@]1(Cc2ccc(-c3cccnc3)cc2)CCN(C(=O)c2cnccn2)C1. The van der Waals surface area contributed by atoms with E-state index in [0.717, 1.165) is 16.7 Å². The van der Waals surface area contributed by atoms with Crippen LogP contribution < -0.4 is 5.32 Å². The first kappa shape index (κ1) is 21.6. The van der Waals surface area contributed by atoms with Crippen molar-refractivity contribution in [2.75, 3.05) is 13.1 Å². The van der Waals surface area contributed by atoms with Gasteiger partial charge in [-0.25, -0.2) is 4.98 Å². The molecule has 0 bridgehead atoms. The topological polar surface area (TPSA) is 88.1 Å². The molecule has 1 fully saturated rings. The molecule has 7 heteroatoms. The summed E-state index contributed by atoms with van der Waals surface area (Å²) in [7, 11) is 0. The largest absolute Gasteiger partial charge is 0.353 e. The van der Waals surface area contributed by atoms with Gasteiger partial charge in [0.25, 0.3) is 5.91 Å². The number of nitrogens with zero attached hydrogens (tertiary/aromatic N) is 4. The Bertz CT molecular complexity index is 1070. The zero-order chi connectivity index (χ0) is 22.6. The number of pyridine rings is 1. The molecule has 4 rings (SSSR count). The molecule has 3 heterocycles. The van der Waals surface area contributed by atoms with Crippen LogP contribution in [0.15, 0.2) is 67.4 Å². The lowest BCUT2D eigenvalue weighted by atomic mass is 9.79. The van der Waals surface area contributed by atoms with Gasteiger partial charge in [0, 0.05) is 43.9 Å². The third kappa shape index (κ3) is 4.66. The summed E-state index contributed by atoms with van der Waals surface area (Å²) in [5.74, 6) is -0.206. The van der Waals surface area contributed by atoms with Crippen molar-refractivity contribution in [1.29, 1.82) is 0 Å². The van der Waals surface area contributed by atoms with E-state index in [1.807, 2.05) is 32.2 Å². The lowest BCUT2D eigenvalue weighted by Gasteiger charge is -2.29. The van der Waals surface area contributed by atoms with Crippen molar-refractivity contribution in [1.82, 2.24) is 25.2 Å². The van der Waals surface area contributed by atoms with Crippen molar-refractivity contribution >= 4 is 11.8 Å². The van der Waals surface area contributed by atoms with E-state index >= 15 is 0 Å². The summed E-state index contributed by atoms with van der Waals surface area (Å²) >= 11 is 0. The average Bonchev–Trinajstić information content (AvgIpc) is 3.25. The molecule has 2 aromatic heterocycles. The van der Waals surface area contributed by atoms with Crippen molar-refractivity contribution in [3.8, 4) is 11.1 Å². The van der Waals surface area contributed by atoms with E-state index in [1.165, 1.54) is 18.6 Å². The maximum atomic E-state index is 13.3. The number of likely N-dealkylation sites (tertiary alicyclic amines) is 1. The van der Waals surface area contributed by atoms with Crippen LogP contribution in [-0.2, 0) is 11.2 Å². The van der Waals surface area contributed by atoms with Gasteiger partial charge in [0.05, 0.1) is 11.6 Å².